The van der Waals surface area contributed by atoms with Crippen LogP contribution in [0.15, 0.2) is 12.2 Å². The van der Waals surface area contributed by atoms with Crippen molar-refractivity contribution in [3.05, 3.63) is 12.2 Å². The molecule has 3 aliphatic heterocycles. The number of carbonyl (C=O) groups is 1. The number of Topliss-reactive ketones (excluding diaryl/α,β-unsaturated/α-hetero) is 1. The minimum absolute atomic E-state index is 0.0641. The monoisotopic (exact) mass is 390 g/mol. The zero-order valence-corrected chi connectivity index (χ0v) is 16.8. The Morgan fingerprint density at radius 2 is 1.93 bits per heavy atom. The number of hydrogen-bond acceptors (Lipinski definition) is 6. The molecule has 4 bridgehead atoms. The molecule has 28 heavy (non-hydrogen) atoms. The molecular formula is C22H30O6. The molecule has 10 atom stereocenters. The third kappa shape index (κ3) is 1.50. The van der Waals surface area contributed by atoms with E-state index < -0.39 is 41.2 Å². The summed E-state index contributed by atoms with van der Waals surface area (Å²) >= 11 is 0. The van der Waals surface area contributed by atoms with Crippen LogP contribution in [0.25, 0.3) is 0 Å². The van der Waals surface area contributed by atoms with Gasteiger partial charge in [0.2, 0.25) is 5.79 Å². The quantitative estimate of drug-likeness (QED) is 0.614. The number of aliphatic hydroxyl groups is 2. The van der Waals surface area contributed by atoms with Gasteiger partial charge < -0.3 is 24.4 Å². The van der Waals surface area contributed by atoms with Crippen molar-refractivity contribution in [2.75, 3.05) is 6.61 Å². The molecule has 0 aromatic carbocycles. The Balaban J connectivity index is 1.67. The fourth-order valence-corrected chi connectivity index (χ4v) is 8.72. The number of hydrogen-bond donors (Lipinski definition) is 2. The second-order valence-electron chi connectivity index (χ2n) is 10.7. The predicted molar refractivity (Wildman–Crippen MR) is 97.8 cm³/mol. The lowest BCUT2D eigenvalue weighted by Crippen LogP contribution is -2.87. The van der Waals surface area contributed by atoms with Crippen LogP contribution in [0.3, 0.4) is 0 Å². The summed E-state index contributed by atoms with van der Waals surface area (Å²) in [5, 5.41) is 23.2. The average molecular weight is 390 g/mol. The van der Waals surface area contributed by atoms with E-state index in [1.165, 1.54) is 0 Å². The Morgan fingerprint density at radius 3 is 2.68 bits per heavy atom. The van der Waals surface area contributed by atoms with Crippen LogP contribution in [0, 0.1) is 34.0 Å². The maximum atomic E-state index is 13.8. The van der Waals surface area contributed by atoms with Gasteiger partial charge in [-0.05, 0) is 49.5 Å². The van der Waals surface area contributed by atoms with Gasteiger partial charge >= 0.3 is 0 Å². The number of ketones is 1. The standard InChI is InChI=1S/C22H30O6/c1-10-12-5-6-13-20-9-26-22(17(25)15(20)19(3,4)8-7-14(20)23)21(13,16(10)24)18(12)27-11(2)28-22/h11-15,17-18,23,25H,1,5-9H2,2-4H3/t11-,12+,13+,14+,15-,17+,18+,20-,21+,22+/m1/s1. The van der Waals surface area contributed by atoms with E-state index in [9.17, 15) is 15.0 Å². The number of rotatable bonds is 0. The second-order valence-corrected chi connectivity index (χ2v) is 10.7. The molecule has 0 radical (unpaired) electrons. The van der Waals surface area contributed by atoms with Gasteiger partial charge in [-0.25, -0.2) is 0 Å². The lowest BCUT2D eigenvalue weighted by molar-refractivity contribution is -0.516. The van der Waals surface area contributed by atoms with E-state index >= 15 is 0 Å². The minimum atomic E-state index is -1.42. The molecule has 6 nitrogen and oxygen atoms in total. The molecule has 0 aromatic heterocycles. The minimum Gasteiger partial charge on any atom is -0.392 e. The van der Waals surface area contributed by atoms with Crippen LogP contribution < -0.4 is 0 Å². The summed E-state index contributed by atoms with van der Waals surface area (Å²) in [5.41, 5.74) is -1.39. The summed E-state index contributed by atoms with van der Waals surface area (Å²) in [4.78, 5) is 13.8. The van der Waals surface area contributed by atoms with Crippen molar-refractivity contribution in [3.63, 3.8) is 0 Å². The number of fused-ring (bicyclic) bond motifs is 1. The van der Waals surface area contributed by atoms with Crippen LogP contribution in [0.1, 0.15) is 46.5 Å². The highest BCUT2D eigenvalue weighted by Crippen LogP contribution is 2.78. The normalized spacial score (nSPS) is 61.1. The van der Waals surface area contributed by atoms with Crippen LogP contribution >= 0.6 is 0 Å². The maximum absolute atomic E-state index is 13.8. The summed E-state index contributed by atoms with van der Waals surface area (Å²) < 4.78 is 18.9. The van der Waals surface area contributed by atoms with E-state index in [0.29, 0.717) is 18.6 Å². The Morgan fingerprint density at radius 1 is 1.18 bits per heavy atom. The van der Waals surface area contributed by atoms with Gasteiger partial charge in [0, 0.05) is 17.3 Å². The van der Waals surface area contributed by atoms with Crippen LogP contribution in [-0.4, -0.2) is 53.0 Å². The molecule has 3 saturated heterocycles. The number of aliphatic hydroxyl groups excluding tert-OH is 2. The van der Waals surface area contributed by atoms with Gasteiger partial charge in [0.05, 0.1) is 18.8 Å². The molecule has 2 N–H and O–H groups in total. The summed E-state index contributed by atoms with van der Waals surface area (Å²) in [5.74, 6) is -1.90. The highest BCUT2D eigenvalue weighted by molar-refractivity contribution is 6.05. The summed E-state index contributed by atoms with van der Waals surface area (Å²) in [7, 11) is 0. The van der Waals surface area contributed by atoms with E-state index in [4.69, 9.17) is 14.2 Å². The van der Waals surface area contributed by atoms with E-state index in [0.717, 1.165) is 19.3 Å². The van der Waals surface area contributed by atoms with E-state index in [2.05, 4.69) is 20.4 Å². The molecule has 3 spiro atoms. The Kier molecular flexibility index (Phi) is 3.16. The van der Waals surface area contributed by atoms with Crippen molar-refractivity contribution < 1.29 is 29.2 Å². The van der Waals surface area contributed by atoms with Crippen LogP contribution in [0.5, 0.6) is 0 Å². The van der Waals surface area contributed by atoms with Crippen molar-refractivity contribution in [2.45, 2.75) is 76.8 Å². The van der Waals surface area contributed by atoms with Crippen molar-refractivity contribution in [3.8, 4) is 0 Å². The molecule has 7 aliphatic rings. The average Bonchev–Trinajstić information content (AvgIpc) is 2.76. The molecule has 4 saturated carbocycles. The molecule has 3 heterocycles. The van der Waals surface area contributed by atoms with Crippen molar-refractivity contribution in [1.82, 2.24) is 0 Å². The third-order valence-corrected chi connectivity index (χ3v) is 9.50. The molecular weight excluding hydrogens is 360 g/mol. The SMILES string of the molecule is C=C1C(=O)[C@@]23[C@H]4O[C@@H](C)O[C@]25OC[C@@]2([C@H]([C@@H]5O)C(C)(C)CC[C@@H]2O)[C@@H]3CC[C@@H]14. The molecule has 0 unspecified atom stereocenters. The smallest absolute Gasteiger partial charge is 0.213 e. The first-order valence-electron chi connectivity index (χ1n) is 10.7. The summed E-state index contributed by atoms with van der Waals surface area (Å²) in [6.07, 6.45) is 0.513. The van der Waals surface area contributed by atoms with Crippen LogP contribution in [0.2, 0.25) is 0 Å². The van der Waals surface area contributed by atoms with Crippen LogP contribution in [-0.2, 0) is 19.0 Å². The first-order chi connectivity index (χ1) is 13.1. The number of ether oxygens (including phenoxy) is 3. The van der Waals surface area contributed by atoms with Gasteiger partial charge in [0.25, 0.3) is 0 Å². The largest absolute Gasteiger partial charge is 0.392 e. The first-order valence-corrected chi connectivity index (χ1v) is 10.7. The second kappa shape index (κ2) is 4.92. The zero-order chi connectivity index (χ0) is 19.9. The molecule has 4 aliphatic carbocycles. The molecule has 0 aromatic rings. The van der Waals surface area contributed by atoms with Gasteiger partial charge in [0.15, 0.2) is 12.1 Å². The fraction of sp³-hybridized carbons (Fsp3) is 0.864. The predicted octanol–water partition coefficient (Wildman–Crippen LogP) is 1.78. The number of carbonyl (C=O) groups excluding carboxylic acids is 1. The Labute approximate surface area is 165 Å². The first kappa shape index (κ1) is 18.0. The highest BCUT2D eigenvalue weighted by Gasteiger charge is 2.89. The topological polar surface area (TPSA) is 85.2 Å². The molecule has 7 rings (SSSR count). The van der Waals surface area contributed by atoms with E-state index in [1.807, 2.05) is 6.92 Å². The van der Waals surface area contributed by atoms with Crippen molar-refractivity contribution in [1.29, 1.82) is 0 Å². The molecule has 6 heteroatoms. The fourth-order valence-electron chi connectivity index (χ4n) is 8.72. The summed E-state index contributed by atoms with van der Waals surface area (Å²) in [6, 6.07) is 0. The Hall–Kier alpha value is -0.790. The van der Waals surface area contributed by atoms with Crippen molar-refractivity contribution >= 4 is 5.78 Å². The van der Waals surface area contributed by atoms with Gasteiger partial charge in [-0.15, -0.1) is 0 Å². The van der Waals surface area contributed by atoms with Gasteiger partial charge in [0.1, 0.15) is 11.5 Å². The maximum Gasteiger partial charge on any atom is 0.213 e. The van der Waals surface area contributed by atoms with Gasteiger partial charge in [-0.3, -0.25) is 4.79 Å². The van der Waals surface area contributed by atoms with E-state index in [1.54, 1.807) is 0 Å². The molecule has 7 fully saturated rings. The third-order valence-electron chi connectivity index (χ3n) is 9.50. The summed E-state index contributed by atoms with van der Waals surface area (Å²) in [6.45, 7) is 10.6. The van der Waals surface area contributed by atoms with Gasteiger partial charge in [-0.1, -0.05) is 20.4 Å². The van der Waals surface area contributed by atoms with E-state index in [-0.39, 0.29) is 29.0 Å². The lowest BCUT2D eigenvalue weighted by Gasteiger charge is -2.77. The molecule has 0 amide bonds. The highest BCUT2D eigenvalue weighted by atomic mass is 16.8. The Bertz CT molecular complexity index is 792. The van der Waals surface area contributed by atoms with Crippen molar-refractivity contribution in [2.24, 2.45) is 34.0 Å². The van der Waals surface area contributed by atoms with Crippen LogP contribution in [0.4, 0.5) is 0 Å². The molecule has 154 valence electrons. The lowest BCUT2D eigenvalue weighted by atomic mass is 9.35. The van der Waals surface area contributed by atoms with Gasteiger partial charge in [-0.2, -0.15) is 0 Å². The zero-order valence-electron chi connectivity index (χ0n) is 16.8.